The molecule has 1 atom stereocenters. The predicted octanol–water partition coefficient (Wildman–Crippen LogP) is 1.78. The molecule has 6 nitrogen and oxygen atoms in total. The van der Waals surface area contributed by atoms with E-state index in [1.807, 2.05) is 6.92 Å². The summed E-state index contributed by atoms with van der Waals surface area (Å²) in [6.07, 6.45) is 1.20. The highest BCUT2D eigenvalue weighted by atomic mass is 16.5. The number of carbonyl (C=O) groups is 2. The van der Waals surface area contributed by atoms with E-state index in [2.05, 4.69) is 0 Å². The largest absolute Gasteiger partial charge is 0.493 e. The fourth-order valence-corrected chi connectivity index (χ4v) is 2.51. The number of ether oxygens (including phenoxy) is 2. The lowest BCUT2D eigenvalue weighted by molar-refractivity contribution is -0.141. The molecule has 0 aromatic heterocycles. The van der Waals surface area contributed by atoms with Crippen molar-refractivity contribution < 1.29 is 24.2 Å². The zero-order chi connectivity index (χ0) is 15.4. The summed E-state index contributed by atoms with van der Waals surface area (Å²) in [5.74, 6) is -0.221. The standard InChI is InChI=1S/C15H19NO5/c1-3-21-12-7-6-10(9-13(12)20-2)14(17)16-8-4-5-11(16)15(18)19/h6-7,9,11H,3-5,8H2,1-2H3,(H,18,19)/t11-/m1/s1. The van der Waals surface area contributed by atoms with E-state index >= 15 is 0 Å². The number of benzene rings is 1. The van der Waals surface area contributed by atoms with Crippen molar-refractivity contribution in [2.45, 2.75) is 25.8 Å². The van der Waals surface area contributed by atoms with Crippen LogP contribution in [-0.2, 0) is 4.79 Å². The van der Waals surface area contributed by atoms with Gasteiger partial charge in [0, 0.05) is 12.1 Å². The lowest BCUT2D eigenvalue weighted by atomic mass is 10.1. The van der Waals surface area contributed by atoms with Gasteiger partial charge in [-0.05, 0) is 38.0 Å². The van der Waals surface area contributed by atoms with Gasteiger partial charge in [-0.3, -0.25) is 4.79 Å². The quantitative estimate of drug-likeness (QED) is 0.895. The van der Waals surface area contributed by atoms with Gasteiger partial charge in [-0.1, -0.05) is 0 Å². The normalized spacial score (nSPS) is 17.6. The Morgan fingerprint density at radius 3 is 2.76 bits per heavy atom. The number of nitrogens with zero attached hydrogens (tertiary/aromatic N) is 1. The number of hydrogen-bond acceptors (Lipinski definition) is 4. The van der Waals surface area contributed by atoms with Gasteiger partial charge in [0.1, 0.15) is 6.04 Å². The Morgan fingerprint density at radius 2 is 2.14 bits per heavy atom. The Balaban J connectivity index is 2.25. The molecule has 114 valence electrons. The van der Waals surface area contributed by atoms with E-state index in [0.717, 1.165) is 0 Å². The summed E-state index contributed by atoms with van der Waals surface area (Å²) < 4.78 is 10.6. The van der Waals surface area contributed by atoms with Crippen molar-refractivity contribution in [3.05, 3.63) is 23.8 Å². The summed E-state index contributed by atoms with van der Waals surface area (Å²) in [5, 5.41) is 9.16. The number of methoxy groups -OCH3 is 1. The Morgan fingerprint density at radius 1 is 1.38 bits per heavy atom. The number of rotatable bonds is 5. The van der Waals surface area contributed by atoms with Crippen molar-refractivity contribution in [2.75, 3.05) is 20.3 Å². The van der Waals surface area contributed by atoms with Crippen LogP contribution in [-0.4, -0.2) is 48.2 Å². The van der Waals surface area contributed by atoms with Crippen molar-refractivity contribution in [3.63, 3.8) is 0 Å². The number of carbonyl (C=O) groups excluding carboxylic acids is 1. The van der Waals surface area contributed by atoms with E-state index in [9.17, 15) is 9.59 Å². The SMILES string of the molecule is CCOc1ccc(C(=O)N2CCC[C@@H]2C(=O)O)cc1OC. The van der Waals surface area contributed by atoms with Gasteiger partial charge in [0.15, 0.2) is 11.5 Å². The van der Waals surface area contributed by atoms with Crippen LogP contribution in [0.25, 0.3) is 0 Å². The van der Waals surface area contributed by atoms with Crippen LogP contribution in [0.15, 0.2) is 18.2 Å². The van der Waals surface area contributed by atoms with Gasteiger partial charge in [0.05, 0.1) is 13.7 Å². The molecule has 0 unspecified atom stereocenters. The van der Waals surface area contributed by atoms with Gasteiger partial charge in [-0.2, -0.15) is 0 Å². The van der Waals surface area contributed by atoms with Crippen molar-refractivity contribution in [3.8, 4) is 11.5 Å². The predicted molar refractivity (Wildman–Crippen MR) is 75.9 cm³/mol. The van der Waals surface area contributed by atoms with Crippen LogP contribution in [0.4, 0.5) is 0 Å². The molecule has 6 heteroatoms. The number of carboxylic acids is 1. The lowest BCUT2D eigenvalue weighted by Crippen LogP contribution is -2.40. The molecule has 1 N–H and O–H groups in total. The maximum atomic E-state index is 12.5. The minimum atomic E-state index is -0.959. The second kappa shape index (κ2) is 6.47. The van der Waals surface area contributed by atoms with E-state index in [1.165, 1.54) is 12.0 Å². The minimum Gasteiger partial charge on any atom is -0.493 e. The molecular formula is C15H19NO5. The minimum absolute atomic E-state index is 0.291. The summed E-state index contributed by atoms with van der Waals surface area (Å²) in [6, 6.07) is 4.15. The van der Waals surface area contributed by atoms with Crippen LogP contribution >= 0.6 is 0 Å². The molecule has 1 aliphatic rings. The lowest BCUT2D eigenvalue weighted by Gasteiger charge is -2.22. The number of carboxylic acid groups (broad SMARTS) is 1. The molecule has 1 saturated heterocycles. The first kappa shape index (κ1) is 15.2. The molecule has 0 saturated carbocycles. The topological polar surface area (TPSA) is 76.1 Å². The molecule has 0 aliphatic carbocycles. The van der Waals surface area contributed by atoms with Gasteiger partial charge < -0.3 is 19.5 Å². The first-order chi connectivity index (χ1) is 10.1. The Labute approximate surface area is 123 Å². The smallest absolute Gasteiger partial charge is 0.326 e. The van der Waals surface area contributed by atoms with Crippen LogP contribution in [0.2, 0.25) is 0 Å². The number of aliphatic carboxylic acids is 1. The zero-order valence-corrected chi connectivity index (χ0v) is 12.2. The van der Waals surface area contributed by atoms with Crippen molar-refractivity contribution in [2.24, 2.45) is 0 Å². The molecule has 1 aromatic rings. The first-order valence-corrected chi connectivity index (χ1v) is 6.93. The van der Waals surface area contributed by atoms with Gasteiger partial charge in [0.2, 0.25) is 0 Å². The number of likely N-dealkylation sites (tertiary alicyclic amines) is 1. The Hall–Kier alpha value is -2.24. The third-order valence-electron chi connectivity index (χ3n) is 3.51. The number of hydrogen-bond donors (Lipinski definition) is 1. The molecule has 1 amide bonds. The highest BCUT2D eigenvalue weighted by Gasteiger charge is 2.34. The van der Waals surface area contributed by atoms with Crippen molar-refractivity contribution in [1.29, 1.82) is 0 Å². The highest BCUT2D eigenvalue weighted by Crippen LogP contribution is 2.29. The van der Waals surface area contributed by atoms with E-state index < -0.39 is 12.0 Å². The third-order valence-corrected chi connectivity index (χ3v) is 3.51. The van der Waals surface area contributed by atoms with E-state index in [4.69, 9.17) is 14.6 Å². The van der Waals surface area contributed by atoms with Gasteiger partial charge in [0.25, 0.3) is 5.91 Å². The fourth-order valence-electron chi connectivity index (χ4n) is 2.51. The van der Waals surface area contributed by atoms with E-state index in [-0.39, 0.29) is 5.91 Å². The summed E-state index contributed by atoms with van der Waals surface area (Å²) in [6.45, 7) is 2.82. The second-order valence-corrected chi connectivity index (χ2v) is 4.79. The molecule has 0 radical (unpaired) electrons. The second-order valence-electron chi connectivity index (χ2n) is 4.79. The molecule has 2 rings (SSSR count). The van der Waals surface area contributed by atoms with Crippen molar-refractivity contribution >= 4 is 11.9 Å². The average Bonchev–Trinajstić information content (AvgIpc) is 2.97. The van der Waals surface area contributed by atoms with Crippen molar-refractivity contribution in [1.82, 2.24) is 4.90 Å². The van der Waals surface area contributed by atoms with Crippen LogP contribution in [0.3, 0.4) is 0 Å². The maximum absolute atomic E-state index is 12.5. The van der Waals surface area contributed by atoms with E-state index in [1.54, 1.807) is 18.2 Å². The van der Waals surface area contributed by atoms with E-state index in [0.29, 0.717) is 43.1 Å². The van der Waals surface area contributed by atoms with Crippen LogP contribution in [0.5, 0.6) is 11.5 Å². The highest BCUT2D eigenvalue weighted by molar-refractivity contribution is 5.97. The summed E-state index contributed by atoms with van der Waals surface area (Å²) >= 11 is 0. The molecule has 0 spiro atoms. The average molecular weight is 293 g/mol. The molecule has 1 fully saturated rings. The first-order valence-electron chi connectivity index (χ1n) is 6.93. The van der Waals surface area contributed by atoms with Gasteiger partial charge in [-0.15, -0.1) is 0 Å². The van der Waals surface area contributed by atoms with Crippen LogP contribution in [0.1, 0.15) is 30.1 Å². The Bertz CT molecular complexity index is 543. The molecular weight excluding hydrogens is 274 g/mol. The molecule has 1 heterocycles. The maximum Gasteiger partial charge on any atom is 0.326 e. The fraction of sp³-hybridized carbons (Fsp3) is 0.467. The molecule has 1 aliphatic heterocycles. The monoisotopic (exact) mass is 293 g/mol. The summed E-state index contributed by atoms with van der Waals surface area (Å²) in [7, 11) is 1.50. The summed E-state index contributed by atoms with van der Waals surface area (Å²) in [4.78, 5) is 25.0. The molecule has 0 bridgehead atoms. The molecule has 1 aromatic carbocycles. The third kappa shape index (κ3) is 3.09. The summed E-state index contributed by atoms with van der Waals surface area (Å²) in [5.41, 5.74) is 0.406. The Kier molecular flexibility index (Phi) is 4.67. The van der Waals surface area contributed by atoms with Gasteiger partial charge >= 0.3 is 5.97 Å². The van der Waals surface area contributed by atoms with Gasteiger partial charge in [-0.25, -0.2) is 4.79 Å². The van der Waals surface area contributed by atoms with Crippen LogP contribution in [0, 0.1) is 0 Å². The van der Waals surface area contributed by atoms with Crippen LogP contribution < -0.4 is 9.47 Å². The zero-order valence-electron chi connectivity index (χ0n) is 12.2. The molecule has 21 heavy (non-hydrogen) atoms. The number of amides is 1.